The van der Waals surface area contributed by atoms with Crippen LogP contribution in [0, 0.1) is 0 Å². The van der Waals surface area contributed by atoms with E-state index in [-0.39, 0.29) is 22.7 Å². The summed E-state index contributed by atoms with van der Waals surface area (Å²) in [6.45, 7) is 17.6. The average molecular weight is 545 g/mol. The zero-order chi connectivity index (χ0) is 29.3. The van der Waals surface area contributed by atoms with Gasteiger partial charge in [0.25, 0.3) is 0 Å². The molecular weight excluding hydrogens is 480 g/mol. The van der Waals surface area contributed by atoms with Gasteiger partial charge >= 0.3 is 0 Å². The lowest BCUT2D eigenvalue weighted by Gasteiger charge is -2.29. The van der Waals surface area contributed by atoms with Crippen LogP contribution in [0.3, 0.4) is 0 Å². The van der Waals surface area contributed by atoms with E-state index in [2.05, 4.69) is 59.3 Å². The van der Waals surface area contributed by atoms with Gasteiger partial charge in [-0.1, -0.05) is 157 Å². The molecule has 226 valence electrons. The molecule has 0 aliphatic carbocycles. The van der Waals surface area contributed by atoms with Crippen molar-refractivity contribution in [1.29, 1.82) is 0 Å². The molecule has 0 spiro atoms. The molecule has 0 radical (unpaired) electrons. The molecule has 1 atom stereocenters. The maximum Gasteiger partial charge on any atom is 0.241 e. The Hall–Kier alpha value is -1.55. The Morgan fingerprint density at radius 1 is 0.692 bits per heavy atom. The standard InChI is InChI=1S/C35H64N2O2/c1-9-10-11-12-13-14-15-16-17-18-19-20-21-22-23-24-25-36-37-33(39)28(2)29-26-30(34(3,4)5)32(38)31(27-29)35(6,7)8/h26-28,36,38H,9-25H2,1-8H3,(H,37,39). The van der Waals surface area contributed by atoms with Gasteiger partial charge in [-0.25, -0.2) is 5.43 Å². The van der Waals surface area contributed by atoms with E-state index >= 15 is 0 Å². The lowest BCUT2D eigenvalue weighted by Crippen LogP contribution is -2.40. The summed E-state index contributed by atoms with van der Waals surface area (Å²) in [6.07, 6.45) is 21.8. The van der Waals surface area contributed by atoms with Crippen molar-refractivity contribution in [3.63, 3.8) is 0 Å². The highest BCUT2D eigenvalue weighted by atomic mass is 16.3. The van der Waals surface area contributed by atoms with Crippen molar-refractivity contribution in [3.8, 4) is 5.75 Å². The van der Waals surface area contributed by atoms with Gasteiger partial charge in [-0.15, -0.1) is 0 Å². The molecule has 0 heterocycles. The van der Waals surface area contributed by atoms with E-state index in [1.807, 2.05) is 19.1 Å². The predicted molar refractivity (Wildman–Crippen MR) is 170 cm³/mol. The number of hydrogen-bond donors (Lipinski definition) is 3. The number of carbonyl (C=O) groups excluding carboxylic acids is 1. The number of nitrogens with one attached hydrogen (secondary N) is 2. The quantitative estimate of drug-likeness (QED) is 0.113. The highest BCUT2D eigenvalue weighted by Crippen LogP contribution is 2.41. The van der Waals surface area contributed by atoms with Gasteiger partial charge < -0.3 is 5.11 Å². The van der Waals surface area contributed by atoms with Crippen LogP contribution in [0.5, 0.6) is 5.75 Å². The minimum absolute atomic E-state index is 0.0306. The van der Waals surface area contributed by atoms with Gasteiger partial charge in [-0.2, -0.15) is 0 Å². The smallest absolute Gasteiger partial charge is 0.241 e. The fourth-order valence-corrected chi connectivity index (χ4v) is 5.22. The summed E-state index contributed by atoms with van der Waals surface area (Å²) in [6, 6.07) is 4.01. The van der Waals surface area contributed by atoms with E-state index in [4.69, 9.17) is 0 Å². The van der Waals surface area contributed by atoms with Crippen LogP contribution in [0.2, 0.25) is 0 Å². The Morgan fingerprint density at radius 2 is 1.05 bits per heavy atom. The van der Waals surface area contributed by atoms with E-state index in [1.165, 1.54) is 96.3 Å². The molecular formula is C35H64N2O2. The summed E-state index contributed by atoms with van der Waals surface area (Å²) in [7, 11) is 0. The van der Waals surface area contributed by atoms with Crippen LogP contribution in [-0.4, -0.2) is 17.6 Å². The summed E-state index contributed by atoms with van der Waals surface area (Å²) in [5.41, 5.74) is 8.37. The van der Waals surface area contributed by atoms with Gasteiger partial charge in [0.05, 0.1) is 5.92 Å². The number of phenols is 1. The van der Waals surface area contributed by atoms with Gasteiger partial charge in [0.15, 0.2) is 0 Å². The zero-order valence-electron chi connectivity index (χ0n) is 27.1. The highest BCUT2D eigenvalue weighted by molar-refractivity contribution is 5.83. The zero-order valence-corrected chi connectivity index (χ0v) is 27.1. The van der Waals surface area contributed by atoms with Crippen molar-refractivity contribution in [2.24, 2.45) is 0 Å². The van der Waals surface area contributed by atoms with E-state index in [9.17, 15) is 9.90 Å². The van der Waals surface area contributed by atoms with Crippen molar-refractivity contribution < 1.29 is 9.90 Å². The van der Waals surface area contributed by atoms with Gasteiger partial charge in [-0.3, -0.25) is 10.2 Å². The molecule has 3 N–H and O–H groups in total. The maximum absolute atomic E-state index is 12.9. The Balaban J connectivity index is 2.21. The number of carbonyl (C=O) groups is 1. The van der Waals surface area contributed by atoms with Crippen LogP contribution < -0.4 is 10.9 Å². The normalized spacial score (nSPS) is 13.0. The van der Waals surface area contributed by atoms with E-state index in [0.717, 1.165) is 29.7 Å². The first-order valence-corrected chi connectivity index (χ1v) is 16.3. The largest absolute Gasteiger partial charge is 0.507 e. The van der Waals surface area contributed by atoms with E-state index in [1.54, 1.807) is 0 Å². The Labute approximate surface area is 242 Å². The average Bonchev–Trinajstić information content (AvgIpc) is 2.86. The number of benzene rings is 1. The predicted octanol–water partition coefficient (Wildman–Crippen LogP) is 9.97. The maximum atomic E-state index is 12.9. The van der Waals surface area contributed by atoms with E-state index < -0.39 is 0 Å². The molecule has 0 aliphatic rings. The number of phenolic OH excluding ortho intramolecular Hbond substituents is 1. The molecule has 1 aromatic rings. The third-order valence-corrected chi connectivity index (χ3v) is 8.01. The Bertz CT molecular complexity index is 769. The third kappa shape index (κ3) is 14.6. The SMILES string of the molecule is CCCCCCCCCCCCCCCCCCNNC(=O)C(C)c1cc(C(C)(C)C)c(O)c(C(C)(C)C)c1. The molecule has 39 heavy (non-hydrogen) atoms. The molecule has 1 aromatic carbocycles. The number of amides is 1. The molecule has 0 saturated heterocycles. The second kappa shape index (κ2) is 18.7. The third-order valence-electron chi connectivity index (χ3n) is 8.01. The van der Waals surface area contributed by atoms with Crippen LogP contribution in [-0.2, 0) is 15.6 Å². The molecule has 4 nitrogen and oxygen atoms in total. The molecule has 4 heteroatoms. The number of unbranched alkanes of at least 4 members (excludes halogenated alkanes) is 15. The number of rotatable bonds is 20. The minimum atomic E-state index is -0.300. The lowest BCUT2D eigenvalue weighted by molar-refractivity contribution is -0.123. The molecule has 1 rings (SSSR count). The van der Waals surface area contributed by atoms with Crippen molar-refractivity contribution >= 4 is 5.91 Å². The molecule has 0 bridgehead atoms. The summed E-state index contributed by atoms with van der Waals surface area (Å²) in [5.74, 6) is 0.0241. The number of hydrazine groups is 1. The van der Waals surface area contributed by atoms with E-state index in [0.29, 0.717) is 5.75 Å². The minimum Gasteiger partial charge on any atom is -0.507 e. The van der Waals surface area contributed by atoms with Crippen LogP contribution in [0.1, 0.15) is 181 Å². The van der Waals surface area contributed by atoms with Gasteiger partial charge in [-0.05, 0) is 40.9 Å². The molecule has 1 amide bonds. The molecule has 0 aliphatic heterocycles. The van der Waals surface area contributed by atoms with Crippen LogP contribution in [0.25, 0.3) is 0 Å². The first-order chi connectivity index (χ1) is 18.4. The topological polar surface area (TPSA) is 61.4 Å². The molecule has 1 unspecified atom stereocenters. The summed E-state index contributed by atoms with van der Waals surface area (Å²) in [4.78, 5) is 12.9. The number of hydrogen-bond acceptors (Lipinski definition) is 3. The van der Waals surface area contributed by atoms with Crippen LogP contribution in [0.4, 0.5) is 0 Å². The first-order valence-electron chi connectivity index (χ1n) is 16.3. The summed E-state index contributed by atoms with van der Waals surface area (Å²) >= 11 is 0. The summed E-state index contributed by atoms with van der Waals surface area (Å²) < 4.78 is 0. The van der Waals surface area contributed by atoms with Crippen molar-refractivity contribution in [1.82, 2.24) is 10.9 Å². The Kier molecular flexibility index (Phi) is 17.0. The van der Waals surface area contributed by atoms with Gasteiger partial charge in [0.2, 0.25) is 5.91 Å². The molecule has 0 fully saturated rings. The lowest BCUT2D eigenvalue weighted by atomic mass is 9.77. The van der Waals surface area contributed by atoms with Crippen molar-refractivity contribution in [3.05, 3.63) is 28.8 Å². The summed E-state index contributed by atoms with van der Waals surface area (Å²) in [5, 5.41) is 11.0. The monoisotopic (exact) mass is 544 g/mol. The van der Waals surface area contributed by atoms with Crippen LogP contribution >= 0.6 is 0 Å². The first kappa shape index (κ1) is 35.5. The number of aromatic hydroxyl groups is 1. The second-order valence-corrected chi connectivity index (χ2v) is 13.9. The fourth-order valence-electron chi connectivity index (χ4n) is 5.22. The van der Waals surface area contributed by atoms with Gasteiger partial charge in [0.1, 0.15) is 5.75 Å². The van der Waals surface area contributed by atoms with Crippen molar-refractivity contribution in [2.75, 3.05) is 6.54 Å². The van der Waals surface area contributed by atoms with Crippen molar-refractivity contribution in [2.45, 2.75) is 175 Å². The fraction of sp³-hybridized carbons (Fsp3) is 0.800. The molecule has 0 aromatic heterocycles. The Morgan fingerprint density at radius 3 is 1.41 bits per heavy atom. The second-order valence-electron chi connectivity index (χ2n) is 13.9. The van der Waals surface area contributed by atoms with Crippen LogP contribution in [0.15, 0.2) is 12.1 Å². The molecule has 0 saturated carbocycles. The van der Waals surface area contributed by atoms with Gasteiger partial charge in [0, 0.05) is 6.54 Å². The highest BCUT2D eigenvalue weighted by Gasteiger charge is 2.28.